The quantitative estimate of drug-likeness (QED) is 0.365. The van der Waals surface area contributed by atoms with E-state index in [2.05, 4.69) is 20.7 Å². The summed E-state index contributed by atoms with van der Waals surface area (Å²) < 4.78 is 28.5. The normalized spacial score (nSPS) is 11.5. The first-order chi connectivity index (χ1) is 10.5. The zero-order chi connectivity index (χ0) is 16.6. The van der Waals surface area contributed by atoms with Gasteiger partial charge in [-0.25, -0.2) is 0 Å². The van der Waals surface area contributed by atoms with Gasteiger partial charge in [0.05, 0.1) is 25.6 Å². The fourth-order valence-electron chi connectivity index (χ4n) is 2.00. The van der Waals surface area contributed by atoms with E-state index < -0.39 is 7.60 Å². The molecule has 0 aliphatic rings. The molecule has 0 saturated heterocycles. The molecule has 0 fully saturated rings. The number of hydrogen-bond acceptors (Lipinski definition) is 5. The van der Waals surface area contributed by atoms with Crippen LogP contribution in [-0.4, -0.2) is 26.3 Å². The Bertz CT molecular complexity index is 537. The van der Waals surface area contributed by atoms with E-state index in [-0.39, 0.29) is 12.4 Å². The van der Waals surface area contributed by atoms with Crippen molar-refractivity contribution in [3.63, 3.8) is 0 Å². The molecule has 1 aromatic rings. The first-order valence-electron chi connectivity index (χ1n) is 7.15. The van der Waals surface area contributed by atoms with E-state index in [1.54, 1.807) is 19.9 Å². The fraction of sp³-hybridized carbons (Fsp3) is 0.533. The molecule has 0 amide bonds. The molecule has 1 aromatic carbocycles. The molecule has 7 heteroatoms. The number of hydrogen-bond donors (Lipinski definition) is 0. The summed E-state index contributed by atoms with van der Waals surface area (Å²) in [7, 11) is -1.99. The largest absolute Gasteiger partial charge is 0.469 e. The lowest BCUT2D eigenvalue weighted by molar-refractivity contribution is -0.140. The van der Waals surface area contributed by atoms with Crippen molar-refractivity contribution in [2.24, 2.45) is 0 Å². The van der Waals surface area contributed by atoms with Gasteiger partial charge in [-0.1, -0.05) is 28.1 Å². The number of alkyl halides is 1. The number of methoxy groups -OCH3 is 1. The molecule has 0 atom stereocenters. The Balaban J connectivity index is 3.13. The Kier molecular flexibility index (Phi) is 8.33. The van der Waals surface area contributed by atoms with E-state index in [1.165, 1.54) is 7.11 Å². The average molecular weight is 393 g/mol. The summed E-state index contributed by atoms with van der Waals surface area (Å²) in [4.78, 5) is 11.3. The van der Waals surface area contributed by atoms with Crippen LogP contribution in [0, 0.1) is 0 Å². The van der Waals surface area contributed by atoms with Crippen LogP contribution in [0.4, 0.5) is 0 Å². The molecule has 0 N–H and O–H groups in total. The highest BCUT2D eigenvalue weighted by molar-refractivity contribution is 9.08. The molecule has 0 radical (unpaired) electrons. The van der Waals surface area contributed by atoms with Crippen molar-refractivity contribution in [1.29, 1.82) is 0 Å². The van der Waals surface area contributed by atoms with Crippen molar-refractivity contribution in [3.8, 4) is 0 Å². The average Bonchev–Trinajstić information content (AvgIpc) is 2.52. The predicted octanol–water partition coefficient (Wildman–Crippen LogP) is 3.58. The number of carbonyl (C=O) groups excluding carboxylic acids is 1. The maximum Gasteiger partial charge on any atom is 0.361 e. The van der Waals surface area contributed by atoms with Gasteiger partial charge in [0.2, 0.25) is 0 Å². The van der Waals surface area contributed by atoms with Gasteiger partial charge in [0, 0.05) is 11.8 Å². The third kappa shape index (κ3) is 5.20. The second kappa shape index (κ2) is 9.46. The topological polar surface area (TPSA) is 61.8 Å². The van der Waals surface area contributed by atoms with Crippen molar-refractivity contribution in [1.82, 2.24) is 0 Å². The summed E-state index contributed by atoms with van der Waals surface area (Å²) in [6.45, 7) is 4.15. The molecular formula is C15H22BrO5P. The Morgan fingerprint density at radius 1 is 1.23 bits per heavy atom. The molecule has 0 spiro atoms. The van der Waals surface area contributed by atoms with Gasteiger partial charge in [-0.15, -0.1) is 0 Å². The molecule has 124 valence electrons. The molecule has 0 saturated carbocycles. The summed E-state index contributed by atoms with van der Waals surface area (Å²) in [5.41, 5.74) is 1.75. The second-order valence-electron chi connectivity index (χ2n) is 4.51. The highest BCUT2D eigenvalue weighted by Gasteiger charge is 2.29. The Hall–Kier alpha value is -0.680. The van der Waals surface area contributed by atoms with Crippen molar-refractivity contribution in [2.45, 2.75) is 32.0 Å². The second-order valence-corrected chi connectivity index (χ2v) is 7.06. The Labute approximate surface area is 140 Å². The Morgan fingerprint density at radius 3 is 2.36 bits per heavy atom. The van der Waals surface area contributed by atoms with Gasteiger partial charge in [-0.2, -0.15) is 0 Å². The number of benzene rings is 1. The highest BCUT2D eigenvalue weighted by atomic mass is 79.9. The number of rotatable bonds is 9. The predicted molar refractivity (Wildman–Crippen MR) is 89.9 cm³/mol. The molecule has 22 heavy (non-hydrogen) atoms. The lowest BCUT2D eigenvalue weighted by atomic mass is 10.1. The minimum Gasteiger partial charge on any atom is -0.469 e. The van der Waals surface area contributed by atoms with E-state index in [4.69, 9.17) is 9.05 Å². The van der Waals surface area contributed by atoms with Crippen LogP contribution in [0.2, 0.25) is 0 Å². The molecule has 0 bridgehead atoms. The molecule has 5 nitrogen and oxygen atoms in total. The standard InChI is InChI=1S/C15H22BrO5P/c1-4-20-22(18,21-5-2)14-10-12(6-8-13(14)11-16)7-9-15(17)19-3/h6,8,10H,4-5,7,9,11H2,1-3H3. The smallest absolute Gasteiger partial charge is 0.361 e. The van der Waals surface area contributed by atoms with Crippen LogP contribution in [-0.2, 0) is 34.9 Å². The summed E-state index contributed by atoms with van der Waals surface area (Å²) in [6.07, 6.45) is 0.789. The molecule has 0 aliphatic heterocycles. The molecular weight excluding hydrogens is 371 g/mol. The molecule has 1 rings (SSSR count). The van der Waals surface area contributed by atoms with Crippen LogP contribution in [0.25, 0.3) is 0 Å². The lowest BCUT2D eigenvalue weighted by Crippen LogP contribution is -2.16. The van der Waals surface area contributed by atoms with Crippen LogP contribution in [0.1, 0.15) is 31.4 Å². The molecule has 0 heterocycles. The summed E-state index contributed by atoms with van der Waals surface area (Å²) in [5, 5.41) is 1.10. The Morgan fingerprint density at radius 2 is 1.86 bits per heavy atom. The van der Waals surface area contributed by atoms with Gasteiger partial charge in [-0.3, -0.25) is 9.36 Å². The van der Waals surface area contributed by atoms with E-state index in [1.807, 2.05) is 12.1 Å². The maximum absolute atomic E-state index is 13.0. The minimum atomic E-state index is -3.35. The first kappa shape index (κ1) is 19.4. The van der Waals surface area contributed by atoms with Crippen molar-refractivity contribution >= 4 is 34.8 Å². The van der Waals surface area contributed by atoms with Gasteiger partial charge in [-0.05, 0) is 37.5 Å². The number of halogens is 1. The zero-order valence-corrected chi connectivity index (χ0v) is 15.6. The van der Waals surface area contributed by atoms with Gasteiger partial charge < -0.3 is 13.8 Å². The van der Waals surface area contributed by atoms with Gasteiger partial charge in [0.25, 0.3) is 0 Å². The van der Waals surface area contributed by atoms with E-state index in [9.17, 15) is 9.36 Å². The maximum atomic E-state index is 13.0. The lowest BCUT2D eigenvalue weighted by Gasteiger charge is -2.20. The zero-order valence-electron chi connectivity index (χ0n) is 13.1. The van der Waals surface area contributed by atoms with Crippen LogP contribution >= 0.6 is 23.5 Å². The fourth-order valence-corrected chi connectivity index (χ4v) is 4.57. The summed E-state index contributed by atoms with van der Waals surface area (Å²) >= 11 is 3.39. The summed E-state index contributed by atoms with van der Waals surface area (Å²) in [5.74, 6) is -0.274. The van der Waals surface area contributed by atoms with Crippen molar-refractivity contribution < 1.29 is 23.1 Å². The van der Waals surface area contributed by atoms with Crippen LogP contribution < -0.4 is 5.30 Å². The third-order valence-corrected chi connectivity index (χ3v) is 5.84. The van der Waals surface area contributed by atoms with Crippen LogP contribution in [0.5, 0.6) is 0 Å². The van der Waals surface area contributed by atoms with E-state index >= 15 is 0 Å². The molecule has 0 unspecified atom stereocenters. The van der Waals surface area contributed by atoms with Crippen molar-refractivity contribution in [2.75, 3.05) is 20.3 Å². The molecule has 0 aromatic heterocycles. The summed E-state index contributed by atoms with van der Waals surface area (Å²) in [6, 6.07) is 5.58. The first-order valence-corrected chi connectivity index (χ1v) is 9.81. The third-order valence-electron chi connectivity index (χ3n) is 3.03. The van der Waals surface area contributed by atoms with E-state index in [0.717, 1.165) is 11.1 Å². The van der Waals surface area contributed by atoms with Gasteiger partial charge in [0.1, 0.15) is 0 Å². The van der Waals surface area contributed by atoms with Gasteiger partial charge >= 0.3 is 13.6 Å². The van der Waals surface area contributed by atoms with E-state index in [0.29, 0.717) is 30.3 Å². The number of esters is 1. The van der Waals surface area contributed by atoms with Crippen LogP contribution in [0.15, 0.2) is 18.2 Å². The van der Waals surface area contributed by atoms with Gasteiger partial charge in [0.15, 0.2) is 0 Å². The number of aryl methyl sites for hydroxylation is 1. The van der Waals surface area contributed by atoms with Crippen LogP contribution in [0.3, 0.4) is 0 Å². The number of carbonyl (C=O) groups is 1. The SMILES string of the molecule is CCOP(=O)(OCC)c1cc(CCC(=O)OC)ccc1CBr. The monoisotopic (exact) mass is 392 g/mol. The number of ether oxygens (including phenoxy) is 1. The minimum absolute atomic E-state index is 0.274. The highest BCUT2D eigenvalue weighted by Crippen LogP contribution is 2.48. The molecule has 0 aliphatic carbocycles. The van der Waals surface area contributed by atoms with Crippen molar-refractivity contribution in [3.05, 3.63) is 29.3 Å².